The Balaban J connectivity index is 1.84. The molecule has 1 unspecified atom stereocenters. The number of hydrogen-bond acceptors (Lipinski definition) is 4. The third kappa shape index (κ3) is 3.12. The number of benzene rings is 1. The van der Waals surface area contributed by atoms with Crippen LogP contribution in [0, 0.1) is 0 Å². The summed E-state index contributed by atoms with van der Waals surface area (Å²) >= 11 is 0. The highest BCUT2D eigenvalue weighted by atomic mass is 16.5. The van der Waals surface area contributed by atoms with E-state index in [0.717, 1.165) is 11.3 Å². The van der Waals surface area contributed by atoms with Gasteiger partial charge in [-0.2, -0.15) is 0 Å². The second-order valence-electron chi connectivity index (χ2n) is 6.12. The summed E-state index contributed by atoms with van der Waals surface area (Å²) in [5.74, 6) is -1.07. The van der Waals surface area contributed by atoms with Gasteiger partial charge in [0.05, 0.1) is 25.7 Å². The van der Waals surface area contributed by atoms with Gasteiger partial charge in [-0.3, -0.25) is 14.4 Å². The van der Waals surface area contributed by atoms with Crippen molar-refractivity contribution in [3.8, 4) is 0 Å². The van der Waals surface area contributed by atoms with Crippen molar-refractivity contribution < 1.29 is 24.2 Å². The molecule has 7 heteroatoms. The fraction of sp³-hybridized carbons (Fsp3) is 0.471. The molecule has 24 heavy (non-hydrogen) atoms. The van der Waals surface area contributed by atoms with E-state index >= 15 is 0 Å². The van der Waals surface area contributed by atoms with E-state index in [4.69, 9.17) is 9.84 Å². The zero-order chi connectivity index (χ0) is 17.3. The van der Waals surface area contributed by atoms with Crippen LogP contribution in [0.3, 0.4) is 0 Å². The molecule has 7 nitrogen and oxygen atoms in total. The molecule has 128 valence electrons. The molecule has 2 aliphatic rings. The van der Waals surface area contributed by atoms with Crippen molar-refractivity contribution in [1.29, 1.82) is 0 Å². The number of ether oxygens (including phenoxy) is 1. The van der Waals surface area contributed by atoms with Crippen molar-refractivity contribution in [3.63, 3.8) is 0 Å². The van der Waals surface area contributed by atoms with Gasteiger partial charge in [-0.15, -0.1) is 0 Å². The number of hydrogen-bond donors (Lipinski definition) is 1. The number of amides is 2. The first-order chi connectivity index (χ1) is 11.5. The molecule has 3 rings (SSSR count). The van der Waals surface area contributed by atoms with Crippen molar-refractivity contribution in [3.05, 3.63) is 29.3 Å². The largest absolute Gasteiger partial charge is 0.481 e. The molecule has 0 aromatic heterocycles. The van der Waals surface area contributed by atoms with Gasteiger partial charge in [-0.25, -0.2) is 0 Å². The first kappa shape index (κ1) is 16.4. The van der Waals surface area contributed by atoms with Crippen molar-refractivity contribution in [2.75, 3.05) is 31.7 Å². The zero-order valence-corrected chi connectivity index (χ0v) is 13.5. The average molecular weight is 332 g/mol. The Morgan fingerprint density at radius 3 is 2.88 bits per heavy atom. The standard InChI is InChI=1S/C17H20N2O5/c1-18-14-4-2-12(8-11(14)3-5-15(18)20)17(23)19-6-7-24-10-13(19)9-16(21)22/h2,4,8,13H,3,5-7,9-10H2,1H3,(H,21,22). The molecule has 0 bridgehead atoms. The van der Waals surface area contributed by atoms with Crippen LogP contribution in [0.15, 0.2) is 18.2 Å². The van der Waals surface area contributed by atoms with Gasteiger partial charge < -0.3 is 19.6 Å². The third-order valence-electron chi connectivity index (χ3n) is 4.57. The highest BCUT2D eigenvalue weighted by Crippen LogP contribution is 2.28. The Kier molecular flexibility index (Phi) is 4.53. The number of morpholine rings is 1. The molecule has 1 aromatic carbocycles. The third-order valence-corrected chi connectivity index (χ3v) is 4.57. The number of carbonyl (C=O) groups is 3. The molecule has 1 atom stereocenters. The number of fused-ring (bicyclic) bond motifs is 1. The van der Waals surface area contributed by atoms with Crippen molar-refractivity contribution >= 4 is 23.5 Å². The summed E-state index contributed by atoms with van der Waals surface area (Å²) < 4.78 is 5.31. The van der Waals surface area contributed by atoms with Crippen LogP contribution in [0.5, 0.6) is 0 Å². The van der Waals surface area contributed by atoms with Gasteiger partial charge in [0.25, 0.3) is 5.91 Å². The summed E-state index contributed by atoms with van der Waals surface area (Å²) in [4.78, 5) is 38.8. The van der Waals surface area contributed by atoms with Crippen molar-refractivity contribution in [2.45, 2.75) is 25.3 Å². The Hall–Kier alpha value is -2.41. The molecule has 1 aromatic rings. The van der Waals surface area contributed by atoms with Crippen molar-refractivity contribution in [2.24, 2.45) is 0 Å². The fourth-order valence-corrected chi connectivity index (χ4v) is 3.25. The molecular formula is C17H20N2O5. The average Bonchev–Trinajstić information content (AvgIpc) is 2.57. The quantitative estimate of drug-likeness (QED) is 0.889. The van der Waals surface area contributed by atoms with Gasteiger partial charge in [0.15, 0.2) is 0 Å². The molecule has 0 radical (unpaired) electrons. The van der Waals surface area contributed by atoms with E-state index in [2.05, 4.69) is 0 Å². The molecule has 2 amide bonds. The molecule has 1 fully saturated rings. The number of carbonyl (C=O) groups excluding carboxylic acids is 2. The fourth-order valence-electron chi connectivity index (χ4n) is 3.25. The van der Waals surface area contributed by atoms with Gasteiger partial charge >= 0.3 is 5.97 Å². The van der Waals surface area contributed by atoms with Gasteiger partial charge in [0.1, 0.15) is 0 Å². The van der Waals surface area contributed by atoms with Crippen LogP contribution in [-0.4, -0.2) is 60.6 Å². The van der Waals surface area contributed by atoms with Crippen LogP contribution in [-0.2, 0) is 20.7 Å². The molecule has 0 saturated carbocycles. The summed E-state index contributed by atoms with van der Waals surface area (Å²) in [7, 11) is 1.73. The molecule has 1 N–H and O–H groups in total. The van der Waals surface area contributed by atoms with Gasteiger partial charge in [-0.1, -0.05) is 0 Å². The smallest absolute Gasteiger partial charge is 0.305 e. The molecule has 0 aliphatic carbocycles. The summed E-state index contributed by atoms with van der Waals surface area (Å²) in [6.45, 7) is 1.02. The molecule has 2 heterocycles. The minimum absolute atomic E-state index is 0.0660. The first-order valence-corrected chi connectivity index (χ1v) is 7.97. The lowest BCUT2D eigenvalue weighted by Crippen LogP contribution is -2.49. The lowest BCUT2D eigenvalue weighted by Gasteiger charge is -2.35. The number of nitrogens with zero attached hydrogens (tertiary/aromatic N) is 2. The maximum absolute atomic E-state index is 12.8. The minimum atomic E-state index is -0.950. The summed E-state index contributed by atoms with van der Waals surface area (Å²) in [5.41, 5.74) is 2.31. The molecule has 1 saturated heterocycles. The normalized spacial score (nSPS) is 20.7. The monoisotopic (exact) mass is 332 g/mol. The summed E-state index contributed by atoms with van der Waals surface area (Å²) in [6, 6.07) is 4.84. The lowest BCUT2D eigenvalue weighted by molar-refractivity contribution is -0.139. The van der Waals surface area contributed by atoms with E-state index in [1.807, 2.05) is 6.07 Å². The highest BCUT2D eigenvalue weighted by molar-refractivity contribution is 5.99. The number of aryl methyl sites for hydroxylation is 1. The molecule has 0 spiro atoms. The first-order valence-electron chi connectivity index (χ1n) is 7.97. The van der Waals surface area contributed by atoms with Crippen LogP contribution in [0.1, 0.15) is 28.8 Å². The number of rotatable bonds is 3. The Morgan fingerprint density at radius 1 is 1.33 bits per heavy atom. The van der Waals surface area contributed by atoms with E-state index in [1.165, 1.54) is 0 Å². The van der Waals surface area contributed by atoms with Crippen LogP contribution in [0.25, 0.3) is 0 Å². The van der Waals surface area contributed by atoms with Gasteiger partial charge in [0.2, 0.25) is 5.91 Å². The van der Waals surface area contributed by atoms with Crippen LogP contribution in [0.2, 0.25) is 0 Å². The number of anilines is 1. The lowest BCUT2D eigenvalue weighted by atomic mass is 9.98. The van der Waals surface area contributed by atoms with E-state index in [-0.39, 0.29) is 24.8 Å². The highest BCUT2D eigenvalue weighted by Gasteiger charge is 2.30. The number of carboxylic acids is 1. The Labute approximate surface area is 139 Å². The zero-order valence-electron chi connectivity index (χ0n) is 13.5. The van der Waals surface area contributed by atoms with Crippen LogP contribution >= 0.6 is 0 Å². The topological polar surface area (TPSA) is 87.2 Å². The predicted molar refractivity (Wildman–Crippen MR) is 86.1 cm³/mol. The van der Waals surface area contributed by atoms with Crippen molar-refractivity contribution in [1.82, 2.24) is 4.90 Å². The number of aliphatic carboxylic acids is 1. The van der Waals surface area contributed by atoms with E-state index in [1.54, 1.807) is 29.0 Å². The molecule has 2 aliphatic heterocycles. The second kappa shape index (κ2) is 6.60. The SMILES string of the molecule is CN1C(=O)CCc2cc(C(=O)N3CCOCC3CC(=O)O)ccc21. The Morgan fingerprint density at radius 2 is 2.12 bits per heavy atom. The molecular weight excluding hydrogens is 312 g/mol. The number of carboxylic acid groups (broad SMARTS) is 1. The maximum Gasteiger partial charge on any atom is 0.305 e. The summed E-state index contributed by atoms with van der Waals surface area (Å²) in [6.07, 6.45) is 0.912. The maximum atomic E-state index is 12.8. The summed E-state index contributed by atoms with van der Waals surface area (Å²) in [5, 5.41) is 9.02. The van der Waals surface area contributed by atoms with E-state index in [0.29, 0.717) is 31.6 Å². The van der Waals surface area contributed by atoms with Crippen LogP contribution < -0.4 is 4.90 Å². The van der Waals surface area contributed by atoms with Gasteiger partial charge in [0, 0.05) is 31.3 Å². The van der Waals surface area contributed by atoms with E-state index in [9.17, 15) is 14.4 Å². The van der Waals surface area contributed by atoms with Gasteiger partial charge in [-0.05, 0) is 30.2 Å². The van der Waals surface area contributed by atoms with Crippen LogP contribution in [0.4, 0.5) is 5.69 Å². The second-order valence-corrected chi connectivity index (χ2v) is 6.12. The Bertz CT molecular complexity index is 688. The predicted octanol–water partition coefficient (Wildman–Crippen LogP) is 0.911. The minimum Gasteiger partial charge on any atom is -0.481 e. The van der Waals surface area contributed by atoms with E-state index < -0.39 is 12.0 Å².